The van der Waals surface area contributed by atoms with Crippen molar-refractivity contribution in [1.82, 2.24) is 10.3 Å². The summed E-state index contributed by atoms with van der Waals surface area (Å²) in [5, 5.41) is 3.08. The van der Waals surface area contributed by atoms with Gasteiger partial charge in [0.2, 0.25) is 0 Å². The van der Waals surface area contributed by atoms with Gasteiger partial charge in [-0.25, -0.2) is 0 Å². The average Bonchev–Trinajstić information content (AvgIpc) is 2.96. The molecule has 0 spiro atoms. The van der Waals surface area contributed by atoms with Gasteiger partial charge in [0.25, 0.3) is 5.91 Å². The maximum Gasteiger partial charge on any atom is 0.251 e. The van der Waals surface area contributed by atoms with Crippen LogP contribution in [-0.2, 0) is 6.42 Å². The summed E-state index contributed by atoms with van der Waals surface area (Å²) in [5.41, 5.74) is 2.90. The van der Waals surface area contributed by atoms with Crippen molar-refractivity contribution in [2.45, 2.75) is 18.9 Å². The number of amides is 1. The van der Waals surface area contributed by atoms with Crippen LogP contribution in [0.25, 0.3) is 0 Å². The smallest absolute Gasteiger partial charge is 0.251 e. The van der Waals surface area contributed by atoms with Gasteiger partial charge in [-0.1, -0.05) is 0 Å². The minimum Gasteiger partial charge on any atom is -0.493 e. The van der Waals surface area contributed by atoms with Gasteiger partial charge in [0, 0.05) is 18.0 Å². The molecule has 0 aliphatic heterocycles. The normalized spacial score (nSPS) is 16.0. The molecule has 0 bridgehead atoms. The van der Waals surface area contributed by atoms with Crippen molar-refractivity contribution in [3.63, 3.8) is 0 Å². The molecule has 1 aliphatic carbocycles. The first-order valence-electron chi connectivity index (χ1n) is 7.18. The molecule has 114 valence electrons. The fraction of sp³-hybridized carbons (Fsp3) is 0.294. The van der Waals surface area contributed by atoms with E-state index in [4.69, 9.17) is 9.47 Å². The molecule has 0 fully saturated rings. The van der Waals surface area contributed by atoms with Gasteiger partial charge in [-0.05, 0) is 48.2 Å². The number of nitrogens with zero attached hydrogens (tertiary/aromatic N) is 1. The van der Waals surface area contributed by atoms with E-state index in [9.17, 15) is 4.79 Å². The van der Waals surface area contributed by atoms with E-state index in [1.807, 2.05) is 12.1 Å². The second kappa shape index (κ2) is 6.05. The molecule has 1 N–H and O–H groups in total. The second-order valence-corrected chi connectivity index (χ2v) is 5.21. The third-order valence-corrected chi connectivity index (χ3v) is 3.97. The predicted molar refractivity (Wildman–Crippen MR) is 82.3 cm³/mol. The van der Waals surface area contributed by atoms with Gasteiger partial charge in [-0.3, -0.25) is 9.78 Å². The molecular weight excluding hydrogens is 280 g/mol. The summed E-state index contributed by atoms with van der Waals surface area (Å²) in [6, 6.07) is 7.36. The van der Waals surface area contributed by atoms with Crippen molar-refractivity contribution >= 4 is 5.91 Å². The van der Waals surface area contributed by atoms with Crippen LogP contribution in [0.4, 0.5) is 0 Å². The topological polar surface area (TPSA) is 60.5 Å². The molecule has 0 saturated carbocycles. The van der Waals surface area contributed by atoms with E-state index >= 15 is 0 Å². The number of carbonyl (C=O) groups is 1. The summed E-state index contributed by atoms with van der Waals surface area (Å²) in [6.07, 6.45) is 5.02. The van der Waals surface area contributed by atoms with Crippen molar-refractivity contribution < 1.29 is 14.3 Å². The fourth-order valence-corrected chi connectivity index (χ4v) is 2.83. The number of methoxy groups -OCH3 is 2. The Labute approximate surface area is 129 Å². The van der Waals surface area contributed by atoms with Gasteiger partial charge in [0.1, 0.15) is 0 Å². The van der Waals surface area contributed by atoms with Gasteiger partial charge in [-0.2, -0.15) is 0 Å². The molecule has 5 nitrogen and oxygen atoms in total. The molecule has 1 amide bonds. The number of rotatable bonds is 4. The molecule has 1 aromatic carbocycles. The van der Waals surface area contributed by atoms with Crippen molar-refractivity contribution in [2.24, 2.45) is 0 Å². The molecule has 3 rings (SSSR count). The third kappa shape index (κ3) is 2.62. The number of hydrogen-bond donors (Lipinski definition) is 1. The lowest BCUT2D eigenvalue weighted by atomic mass is 10.1. The highest BCUT2D eigenvalue weighted by molar-refractivity contribution is 5.94. The van der Waals surface area contributed by atoms with Crippen LogP contribution >= 0.6 is 0 Å². The number of benzene rings is 1. The van der Waals surface area contributed by atoms with Gasteiger partial charge in [-0.15, -0.1) is 0 Å². The number of nitrogens with one attached hydrogen (secondary N) is 1. The standard InChI is InChI=1S/C17H18N2O3/c1-21-15-9-12-3-4-14(13(12)10-16(15)22-2)19-17(20)11-5-7-18-8-6-11/h5-10,14H,3-4H2,1-2H3,(H,19,20). The van der Waals surface area contributed by atoms with E-state index in [0.717, 1.165) is 24.2 Å². The van der Waals surface area contributed by atoms with Gasteiger partial charge in [0.05, 0.1) is 20.3 Å². The molecule has 5 heteroatoms. The Balaban J connectivity index is 1.84. The van der Waals surface area contributed by atoms with E-state index in [1.165, 1.54) is 5.56 Å². The summed E-state index contributed by atoms with van der Waals surface area (Å²) >= 11 is 0. The highest BCUT2D eigenvalue weighted by Crippen LogP contribution is 2.39. The van der Waals surface area contributed by atoms with Crippen LogP contribution < -0.4 is 14.8 Å². The number of ether oxygens (including phenoxy) is 2. The van der Waals surface area contributed by atoms with Crippen molar-refractivity contribution in [1.29, 1.82) is 0 Å². The molecule has 1 heterocycles. The molecule has 1 aliphatic rings. The van der Waals surface area contributed by atoms with E-state index in [1.54, 1.807) is 38.7 Å². The lowest BCUT2D eigenvalue weighted by molar-refractivity contribution is 0.0936. The number of aryl methyl sites for hydroxylation is 1. The molecule has 2 aromatic rings. The number of fused-ring (bicyclic) bond motifs is 1. The first kappa shape index (κ1) is 14.4. The highest BCUT2D eigenvalue weighted by atomic mass is 16.5. The van der Waals surface area contributed by atoms with Crippen LogP contribution in [0, 0.1) is 0 Å². The van der Waals surface area contributed by atoms with Gasteiger partial charge in [0.15, 0.2) is 11.5 Å². The number of carbonyl (C=O) groups excluding carboxylic acids is 1. The lowest BCUT2D eigenvalue weighted by Crippen LogP contribution is -2.27. The number of pyridine rings is 1. The minimum atomic E-state index is -0.0879. The fourth-order valence-electron chi connectivity index (χ4n) is 2.83. The zero-order valence-corrected chi connectivity index (χ0v) is 12.6. The predicted octanol–water partition coefficient (Wildman–Crippen LogP) is 2.52. The SMILES string of the molecule is COc1cc2c(cc1OC)C(NC(=O)c1ccncc1)CC2. The molecular formula is C17H18N2O3. The van der Waals surface area contributed by atoms with Crippen LogP contribution in [0.2, 0.25) is 0 Å². The van der Waals surface area contributed by atoms with E-state index in [-0.39, 0.29) is 11.9 Å². The number of hydrogen-bond acceptors (Lipinski definition) is 4. The summed E-state index contributed by atoms with van der Waals surface area (Å²) < 4.78 is 10.7. The number of aromatic nitrogens is 1. The zero-order chi connectivity index (χ0) is 15.5. The summed E-state index contributed by atoms with van der Waals surface area (Å²) in [7, 11) is 3.24. The van der Waals surface area contributed by atoms with Crippen LogP contribution in [0.1, 0.15) is 33.9 Å². The Hall–Kier alpha value is -2.56. The summed E-state index contributed by atoms with van der Waals surface area (Å²) in [5.74, 6) is 1.32. The monoisotopic (exact) mass is 298 g/mol. The average molecular weight is 298 g/mol. The Bertz CT molecular complexity index is 686. The lowest BCUT2D eigenvalue weighted by Gasteiger charge is -2.16. The summed E-state index contributed by atoms with van der Waals surface area (Å²) in [4.78, 5) is 16.2. The quantitative estimate of drug-likeness (QED) is 0.942. The molecule has 1 unspecified atom stereocenters. The van der Waals surface area contributed by atoms with Crippen LogP contribution in [0.15, 0.2) is 36.7 Å². The maximum absolute atomic E-state index is 12.3. The largest absolute Gasteiger partial charge is 0.493 e. The minimum absolute atomic E-state index is 0.00419. The molecule has 1 atom stereocenters. The van der Waals surface area contributed by atoms with Gasteiger partial charge < -0.3 is 14.8 Å². The van der Waals surface area contributed by atoms with Crippen molar-refractivity contribution in [2.75, 3.05) is 14.2 Å². The molecule has 0 saturated heterocycles. The van der Waals surface area contributed by atoms with Crippen molar-refractivity contribution in [3.8, 4) is 11.5 Å². The van der Waals surface area contributed by atoms with Crippen LogP contribution in [0.5, 0.6) is 11.5 Å². The molecule has 0 radical (unpaired) electrons. The first-order chi connectivity index (χ1) is 10.7. The first-order valence-corrected chi connectivity index (χ1v) is 7.18. The van der Waals surface area contributed by atoms with Crippen LogP contribution in [0.3, 0.4) is 0 Å². The Kier molecular flexibility index (Phi) is 3.96. The third-order valence-electron chi connectivity index (χ3n) is 3.97. The van der Waals surface area contributed by atoms with Gasteiger partial charge >= 0.3 is 0 Å². The summed E-state index contributed by atoms with van der Waals surface area (Å²) in [6.45, 7) is 0. The molecule has 1 aromatic heterocycles. The Morgan fingerprint density at radius 1 is 1.18 bits per heavy atom. The Morgan fingerprint density at radius 3 is 2.55 bits per heavy atom. The van der Waals surface area contributed by atoms with E-state index in [0.29, 0.717) is 11.3 Å². The maximum atomic E-state index is 12.3. The van der Waals surface area contributed by atoms with E-state index < -0.39 is 0 Å². The van der Waals surface area contributed by atoms with Crippen LogP contribution in [-0.4, -0.2) is 25.1 Å². The Morgan fingerprint density at radius 2 is 1.86 bits per heavy atom. The van der Waals surface area contributed by atoms with Crippen molar-refractivity contribution in [3.05, 3.63) is 53.3 Å². The molecule has 22 heavy (non-hydrogen) atoms. The second-order valence-electron chi connectivity index (χ2n) is 5.21. The zero-order valence-electron chi connectivity index (χ0n) is 12.6. The van der Waals surface area contributed by atoms with E-state index in [2.05, 4.69) is 10.3 Å². The highest BCUT2D eigenvalue weighted by Gasteiger charge is 2.26.